The summed E-state index contributed by atoms with van der Waals surface area (Å²) in [6.07, 6.45) is 1.96. The predicted octanol–water partition coefficient (Wildman–Crippen LogP) is 1.59. The van der Waals surface area contributed by atoms with Crippen LogP contribution >= 0.6 is 23.1 Å². The first-order valence-electron chi connectivity index (χ1n) is 9.53. The van der Waals surface area contributed by atoms with Crippen LogP contribution in [-0.4, -0.2) is 52.2 Å². The van der Waals surface area contributed by atoms with Crippen LogP contribution in [0, 0.1) is 0 Å². The number of thioether (sulfide) groups is 1. The summed E-state index contributed by atoms with van der Waals surface area (Å²) in [6.45, 7) is 1.28. The molecular formula is C19H26N8O2S2. The number of hydrogen-bond acceptors (Lipinski definition) is 9. The molecule has 3 rings (SSSR count). The summed E-state index contributed by atoms with van der Waals surface area (Å²) in [7, 11) is 3.95. The fourth-order valence-electron chi connectivity index (χ4n) is 2.75. The number of rotatable bonds is 11. The Morgan fingerprint density at radius 1 is 1.35 bits per heavy atom. The smallest absolute Gasteiger partial charge is 0.255 e. The van der Waals surface area contributed by atoms with Crippen molar-refractivity contribution in [3.63, 3.8) is 0 Å². The number of guanidine groups is 1. The van der Waals surface area contributed by atoms with E-state index in [1.54, 1.807) is 23.5 Å². The lowest BCUT2D eigenvalue weighted by Gasteiger charge is -2.11. The fraction of sp³-hybridized carbons (Fsp3) is 0.368. The molecule has 0 aliphatic carbocycles. The van der Waals surface area contributed by atoms with Crippen molar-refractivity contribution >= 4 is 35.0 Å². The Balaban J connectivity index is 1.51. The Labute approximate surface area is 188 Å². The molecule has 1 unspecified atom stereocenters. The highest BCUT2D eigenvalue weighted by molar-refractivity contribution is 7.99. The van der Waals surface area contributed by atoms with Gasteiger partial charge >= 0.3 is 0 Å². The molecule has 10 nitrogen and oxygen atoms in total. The number of aromatic nitrogens is 3. The van der Waals surface area contributed by atoms with Gasteiger partial charge in [0.25, 0.3) is 5.56 Å². The molecule has 0 bridgehead atoms. The molecule has 6 N–H and O–H groups in total. The number of thiazole rings is 1. The molecular weight excluding hydrogens is 436 g/mol. The van der Waals surface area contributed by atoms with Crippen LogP contribution in [0.2, 0.25) is 0 Å². The predicted molar refractivity (Wildman–Crippen MR) is 125 cm³/mol. The first kappa shape index (κ1) is 22.8. The Morgan fingerprint density at radius 2 is 2.16 bits per heavy atom. The van der Waals surface area contributed by atoms with E-state index in [1.807, 2.05) is 36.5 Å². The van der Waals surface area contributed by atoms with Crippen LogP contribution < -0.4 is 22.3 Å². The Hall–Kier alpha value is -2.83. The van der Waals surface area contributed by atoms with E-state index in [-0.39, 0.29) is 16.9 Å². The van der Waals surface area contributed by atoms with Gasteiger partial charge in [0.2, 0.25) is 5.95 Å². The lowest BCUT2D eigenvalue weighted by molar-refractivity contribution is 0.343. The highest BCUT2D eigenvalue weighted by Gasteiger charge is 2.13. The number of furan rings is 1. The van der Waals surface area contributed by atoms with Gasteiger partial charge < -0.3 is 26.1 Å². The zero-order chi connectivity index (χ0) is 22.2. The molecule has 3 aromatic rings. The van der Waals surface area contributed by atoms with Gasteiger partial charge in [-0.15, -0.1) is 23.1 Å². The third-order valence-corrected chi connectivity index (χ3v) is 5.78. The lowest BCUT2D eigenvalue weighted by Crippen LogP contribution is -2.23. The largest absolute Gasteiger partial charge is 0.464 e. The van der Waals surface area contributed by atoms with Gasteiger partial charge in [0.15, 0.2) is 5.96 Å². The van der Waals surface area contributed by atoms with Crippen LogP contribution in [0.25, 0.3) is 0 Å². The number of nitrogens with zero attached hydrogens (tertiary/aromatic N) is 4. The number of anilines is 1. The molecule has 31 heavy (non-hydrogen) atoms. The van der Waals surface area contributed by atoms with Crippen molar-refractivity contribution in [2.45, 2.75) is 18.3 Å². The van der Waals surface area contributed by atoms with Crippen LogP contribution in [0.15, 0.2) is 43.4 Å². The van der Waals surface area contributed by atoms with E-state index in [4.69, 9.17) is 15.9 Å². The van der Waals surface area contributed by atoms with Gasteiger partial charge in [0, 0.05) is 35.9 Å². The van der Waals surface area contributed by atoms with Gasteiger partial charge in [0.1, 0.15) is 16.9 Å². The van der Waals surface area contributed by atoms with Crippen LogP contribution in [-0.2, 0) is 13.0 Å². The van der Waals surface area contributed by atoms with Crippen molar-refractivity contribution in [3.05, 3.63) is 62.4 Å². The average molecular weight is 463 g/mol. The third kappa shape index (κ3) is 7.12. The number of nitrogens with two attached hydrogens (primary N) is 2. The van der Waals surface area contributed by atoms with Crippen molar-refractivity contribution in [2.24, 2.45) is 16.5 Å². The molecule has 0 aliphatic rings. The normalized spacial score (nSPS) is 12.1. The molecule has 0 fully saturated rings. The molecule has 1 atom stereocenters. The summed E-state index contributed by atoms with van der Waals surface area (Å²) in [5.74, 6) is 2.70. The average Bonchev–Trinajstić information content (AvgIpc) is 3.38. The van der Waals surface area contributed by atoms with E-state index >= 15 is 0 Å². The van der Waals surface area contributed by atoms with Crippen LogP contribution in [0.3, 0.4) is 0 Å². The van der Waals surface area contributed by atoms with Gasteiger partial charge in [-0.05, 0) is 26.2 Å². The lowest BCUT2D eigenvalue weighted by atomic mass is 10.2. The van der Waals surface area contributed by atoms with Gasteiger partial charge in [-0.1, -0.05) is 0 Å². The quantitative estimate of drug-likeness (QED) is 0.189. The molecule has 0 aromatic carbocycles. The van der Waals surface area contributed by atoms with Crippen LogP contribution in [0.5, 0.6) is 0 Å². The van der Waals surface area contributed by atoms with Crippen LogP contribution in [0.1, 0.15) is 28.2 Å². The number of H-pyrrole nitrogens is 1. The maximum atomic E-state index is 12.4. The standard InChI is InChI=1S/C19H26N8O2S2/c1-27(2)9-14-4-3-13(29-14)7-12-8-23-19(25-16(12)28)22-5-6-31-17(26-18(20)21)15-10-30-11-24-15/h3-4,8,10-11,17H,5-7,9H2,1-2H3,(H4,20,21,26)(H2,22,23,25,28). The van der Waals surface area contributed by atoms with E-state index in [2.05, 4.69) is 25.3 Å². The molecule has 3 heterocycles. The summed E-state index contributed by atoms with van der Waals surface area (Å²) >= 11 is 3.03. The van der Waals surface area contributed by atoms with E-state index in [9.17, 15) is 4.79 Å². The van der Waals surface area contributed by atoms with Crippen molar-refractivity contribution < 1.29 is 4.42 Å². The second-order valence-corrected chi connectivity index (χ2v) is 8.89. The first-order chi connectivity index (χ1) is 14.9. The van der Waals surface area contributed by atoms with Crippen molar-refractivity contribution in [1.29, 1.82) is 0 Å². The third-order valence-electron chi connectivity index (χ3n) is 4.07. The van der Waals surface area contributed by atoms with E-state index in [0.29, 0.717) is 36.8 Å². The fourth-order valence-corrected chi connectivity index (χ4v) is 4.34. The van der Waals surface area contributed by atoms with Gasteiger partial charge in [-0.25, -0.2) is 15.0 Å². The molecule has 3 aromatic heterocycles. The number of aliphatic imine (C=N–C) groups is 1. The van der Waals surface area contributed by atoms with E-state index in [0.717, 1.165) is 17.2 Å². The summed E-state index contributed by atoms with van der Waals surface area (Å²) in [6, 6.07) is 3.81. The van der Waals surface area contributed by atoms with Gasteiger partial charge in [-0.3, -0.25) is 9.78 Å². The topological polar surface area (TPSA) is 151 Å². The van der Waals surface area contributed by atoms with E-state index in [1.165, 1.54) is 11.3 Å². The molecule has 166 valence electrons. The maximum Gasteiger partial charge on any atom is 0.255 e. The highest BCUT2D eigenvalue weighted by Crippen LogP contribution is 2.29. The van der Waals surface area contributed by atoms with Crippen LogP contribution in [0.4, 0.5) is 5.95 Å². The molecule has 0 aliphatic heterocycles. The number of nitrogens with one attached hydrogen (secondary N) is 2. The van der Waals surface area contributed by atoms with Gasteiger partial charge in [-0.2, -0.15) is 0 Å². The monoisotopic (exact) mass is 462 g/mol. The maximum absolute atomic E-state index is 12.4. The first-order valence-corrected chi connectivity index (χ1v) is 11.5. The molecule has 0 radical (unpaired) electrons. The zero-order valence-corrected chi connectivity index (χ0v) is 19.0. The minimum Gasteiger partial charge on any atom is -0.464 e. The van der Waals surface area contributed by atoms with E-state index < -0.39 is 0 Å². The second-order valence-electron chi connectivity index (χ2n) is 6.99. The molecule has 0 saturated heterocycles. The second kappa shape index (κ2) is 11.0. The Kier molecular flexibility index (Phi) is 8.09. The summed E-state index contributed by atoms with van der Waals surface area (Å²) in [5.41, 5.74) is 13.9. The summed E-state index contributed by atoms with van der Waals surface area (Å²) < 4.78 is 5.77. The number of aromatic amines is 1. The molecule has 12 heteroatoms. The van der Waals surface area contributed by atoms with Crippen molar-refractivity contribution in [1.82, 2.24) is 19.9 Å². The number of hydrogen-bond donors (Lipinski definition) is 4. The van der Waals surface area contributed by atoms with Crippen molar-refractivity contribution in [2.75, 3.05) is 31.7 Å². The molecule has 0 saturated carbocycles. The summed E-state index contributed by atoms with van der Waals surface area (Å²) in [5, 5.41) is 4.76. The minimum absolute atomic E-state index is 0.0189. The Morgan fingerprint density at radius 3 is 2.84 bits per heavy atom. The summed E-state index contributed by atoms with van der Waals surface area (Å²) in [4.78, 5) is 30.0. The molecule has 0 spiro atoms. The van der Waals surface area contributed by atoms with Crippen molar-refractivity contribution in [3.8, 4) is 0 Å². The SMILES string of the molecule is CN(C)Cc1ccc(Cc2cnc(NCCSC(N=C(N)N)c3cscn3)[nH]c2=O)o1. The highest BCUT2D eigenvalue weighted by atomic mass is 32.2. The molecule has 0 amide bonds. The zero-order valence-electron chi connectivity index (χ0n) is 17.4. The Bertz CT molecular complexity index is 1040. The van der Waals surface area contributed by atoms with Gasteiger partial charge in [0.05, 0.1) is 17.7 Å². The minimum atomic E-state index is -0.266.